The van der Waals surface area contributed by atoms with E-state index in [-0.39, 0.29) is 33.9 Å². The molecule has 2 aliphatic heterocycles. The predicted molar refractivity (Wildman–Crippen MR) is 129 cm³/mol. The molecule has 1 unspecified atom stereocenters. The molecule has 1 aromatic carbocycles. The van der Waals surface area contributed by atoms with Crippen LogP contribution < -0.4 is 4.74 Å². The molecule has 7 aliphatic rings. The number of ether oxygens (including phenoxy) is 2. The molecule has 4 saturated carbocycles. The van der Waals surface area contributed by atoms with Crippen molar-refractivity contribution in [3.63, 3.8) is 0 Å². The first kappa shape index (κ1) is 20.8. The number of hydrogen-bond donors (Lipinski definition) is 1. The zero-order valence-corrected chi connectivity index (χ0v) is 20.7. The van der Waals surface area contributed by atoms with Gasteiger partial charge in [-0.25, -0.2) is 0 Å². The molecule has 4 nitrogen and oxygen atoms in total. The number of nitrogens with zero attached hydrogens (tertiary/aromatic N) is 1. The monoisotopic (exact) mass is 449 g/mol. The molecule has 4 heteroatoms. The Morgan fingerprint density at radius 3 is 2.73 bits per heavy atom. The second kappa shape index (κ2) is 6.18. The fourth-order valence-electron chi connectivity index (χ4n) is 9.32. The zero-order valence-electron chi connectivity index (χ0n) is 20.7. The van der Waals surface area contributed by atoms with Crippen molar-refractivity contribution in [3.05, 3.63) is 35.4 Å². The van der Waals surface area contributed by atoms with Gasteiger partial charge in [0.05, 0.1) is 0 Å². The van der Waals surface area contributed by atoms with Crippen LogP contribution in [0.1, 0.15) is 70.4 Å². The number of aromatic hydroxyl groups is 1. The highest BCUT2D eigenvalue weighted by Gasteiger charge is 2.81. The number of methoxy groups -OCH3 is 1. The maximum atomic E-state index is 10.9. The van der Waals surface area contributed by atoms with Crippen LogP contribution in [-0.4, -0.2) is 48.0 Å². The summed E-state index contributed by atoms with van der Waals surface area (Å²) in [4.78, 5) is 2.87. The van der Waals surface area contributed by atoms with Gasteiger partial charge in [-0.3, -0.25) is 4.90 Å². The highest BCUT2D eigenvalue weighted by molar-refractivity contribution is 5.63. The fraction of sp³-hybridized carbons (Fsp3) is 0.724. The lowest BCUT2D eigenvalue weighted by atomic mass is 9.34. The summed E-state index contributed by atoms with van der Waals surface area (Å²) < 4.78 is 13.5. The van der Waals surface area contributed by atoms with Crippen LogP contribution in [0.2, 0.25) is 0 Å². The molecule has 0 radical (unpaired) electrons. The Morgan fingerprint density at radius 1 is 1.24 bits per heavy atom. The predicted octanol–water partition coefficient (Wildman–Crippen LogP) is 5.22. The Morgan fingerprint density at radius 2 is 2.03 bits per heavy atom. The molecule has 0 aromatic heterocycles. The molecule has 6 atom stereocenters. The second-order valence-electron chi connectivity index (χ2n) is 13.2. The standard InChI is InChI=1S/C29H39NO3/c1-17(26(2,3)4)20-15-27-10-11-29(20,32-5)25-28(27)12-13-30(16-18-6-7-18)22(27)14-19-8-9-21(31)24(33-25)23(19)28/h8-9,18,20,22,25,31H,1,6-7,10-16H2,2-5H3/t20-,22-,25-,27-,28+,29?/m1/s1. The molecule has 178 valence electrons. The third-order valence-corrected chi connectivity index (χ3v) is 11.0. The van der Waals surface area contributed by atoms with Gasteiger partial charge < -0.3 is 14.6 Å². The van der Waals surface area contributed by atoms with Gasteiger partial charge in [-0.05, 0) is 74.5 Å². The maximum Gasteiger partial charge on any atom is 0.165 e. The van der Waals surface area contributed by atoms with E-state index in [9.17, 15) is 5.11 Å². The Labute approximate surface area is 198 Å². The quantitative estimate of drug-likeness (QED) is 0.640. The Balaban J connectivity index is 1.47. The van der Waals surface area contributed by atoms with Crippen LogP contribution in [0.5, 0.6) is 11.5 Å². The third-order valence-electron chi connectivity index (χ3n) is 11.0. The first-order valence-electron chi connectivity index (χ1n) is 13.2. The number of fused-ring (bicyclic) bond motifs is 2. The lowest BCUT2D eigenvalue weighted by Crippen LogP contribution is -2.81. The molecule has 33 heavy (non-hydrogen) atoms. The second-order valence-corrected chi connectivity index (χ2v) is 13.2. The summed E-state index contributed by atoms with van der Waals surface area (Å²) >= 11 is 0. The highest BCUT2D eigenvalue weighted by atomic mass is 16.6. The van der Waals surface area contributed by atoms with E-state index in [2.05, 4.69) is 31.7 Å². The van der Waals surface area contributed by atoms with Gasteiger partial charge >= 0.3 is 0 Å². The van der Waals surface area contributed by atoms with Gasteiger partial charge in [0.15, 0.2) is 11.5 Å². The molecule has 1 aromatic rings. The summed E-state index contributed by atoms with van der Waals surface area (Å²) in [7, 11) is 1.90. The lowest BCUT2D eigenvalue weighted by Gasteiger charge is -2.74. The van der Waals surface area contributed by atoms with Crippen molar-refractivity contribution in [2.45, 2.75) is 88.9 Å². The third kappa shape index (κ3) is 2.26. The summed E-state index contributed by atoms with van der Waals surface area (Å²) in [6.07, 6.45) is 8.30. The smallest absolute Gasteiger partial charge is 0.165 e. The van der Waals surface area contributed by atoms with Crippen LogP contribution in [-0.2, 0) is 16.6 Å². The minimum atomic E-state index is -0.380. The van der Waals surface area contributed by atoms with Crippen LogP contribution >= 0.6 is 0 Å². The summed E-state index contributed by atoms with van der Waals surface area (Å²) in [5, 5.41) is 10.9. The van der Waals surface area contributed by atoms with Crippen LogP contribution in [0.25, 0.3) is 0 Å². The number of phenols is 1. The number of rotatable bonds is 4. The van der Waals surface area contributed by atoms with Crippen molar-refractivity contribution in [1.29, 1.82) is 0 Å². The molecule has 1 saturated heterocycles. The van der Waals surface area contributed by atoms with Gasteiger partial charge in [0.1, 0.15) is 11.7 Å². The van der Waals surface area contributed by atoms with Crippen molar-refractivity contribution in [1.82, 2.24) is 4.90 Å². The first-order chi connectivity index (χ1) is 15.7. The Bertz CT molecular complexity index is 1050. The van der Waals surface area contributed by atoms with Crippen LogP contribution in [0, 0.1) is 22.7 Å². The van der Waals surface area contributed by atoms with Crippen LogP contribution in [0.4, 0.5) is 0 Å². The number of benzene rings is 1. The number of likely N-dealkylation sites (tertiary alicyclic amines) is 1. The van der Waals surface area contributed by atoms with E-state index in [1.165, 1.54) is 42.5 Å². The van der Waals surface area contributed by atoms with Crippen molar-refractivity contribution < 1.29 is 14.6 Å². The van der Waals surface area contributed by atoms with E-state index in [1.54, 1.807) is 0 Å². The van der Waals surface area contributed by atoms with E-state index >= 15 is 0 Å². The number of phenolic OH excluding ortho intramolecular Hbond substituents is 1. The summed E-state index contributed by atoms with van der Waals surface area (Å²) in [6.45, 7) is 14.0. The molecule has 0 amide bonds. The van der Waals surface area contributed by atoms with Gasteiger partial charge in [-0.2, -0.15) is 0 Å². The van der Waals surface area contributed by atoms with Crippen molar-refractivity contribution in [2.24, 2.45) is 22.7 Å². The minimum Gasteiger partial charge on any atom is -0.504 e. The molecular weight excluding hydrogens is 410 g/mol. The van der Waals surface area contributed by atoms with Gasteiger partial charge in [-0.1, -0.05) is 39.0 Å². The summed E-state index contributed by atoms with van der Waals surface area (Å²) in [6, 6.07) is 4.61. The zero-order chi connectivity index (χ0) is 23.0. The molecule has 5 fully saturated rings. The molecule has 2 heterocycles. The minimum absolute atomic E-state index is 0.0215. The molecule has 4 bridgehead atoms. The average Bonchev–Trinajstić information content (AvgIpc) is 3.52. The van der Waals surface area contributed by atoms with E-state index < -0.39 is 0 Å². The van der Waals surface area contributed by atoms with Crippen molar-refractivity contribution in [2.75, 3.05) is 20.2 Å². The van der Waals surface area contributed by atoms with E-state index in [0.717, 1.165) is 43.9 Å². The largest absolute Gasteiger partial charge is 0.504 e. The van der Waals surface area contributed by atoms with E-state index in [4.69, 9.17) is 16.1 Å². The van der Waals surface area contributed by atoms with Crippen molar-refractivity contribution >= 4 is 0 Å². The molecule has 2 spiro atoms. The van der Waals surface area contributed by atoms with Gasteiger partial charge in [0.2, 0.25) is 0 Å². The van der Waals surface area contributed by atoms with E-state index in [0.29, 0.717) is 11.8 Å². The van der Waals surface area contributed by atoms with Crippen molar-refractivity contribution in [3.8, 4) is 11.5 Å². The normalized spacial score (nSPS) is 42.7. The van der Waals surface area contributed by atoms with Crippen LogP contribution in [0.15, 0.2) is 24.3 Å². The molecule has 8 rings (SSSR count). The number of hydrogen-bond acceptors (Lipinski definition) is 4. The summed E-state index contributed by atoms with van der Waals surface area (Å²) in [5.41, 5.74) is 3.81. The Kier molecular flexibility index (Phi) is 3.90. The number of piperidine rings is 1. The molecular formula is C29H39NO3. The Hall–Kier alpha value is -1.52. The summed E-state index contributed by atoms with van der Waals surface area (Å²) in [5.74, 6) is 2.24. The molecule has 1 N–H and O–H groups in total. The van der Waals surface area contributed by atoms with Gasteiger partial charge in [0, 0.05) is 42.0 Å². The first-order valence-corrected chi connectivity index (χ1v) is 13.2. The average molecular weight is 450 g/mol. The van der Waals surface area contributed by atoms with Gasteiger partial charge in [0.25, 0.3) is 0 Å². The SMILES string of the molecule is C=C([C@H]1C[C@@]23CCC1(OC)[C@@H]1Oc4c(O)ccc5c4[C@@]12CCN(CC1CC1)[C@@H]3C5)C(C)(C)C. The van der Waals surface area contributed by atoms with Gasteiger partial charge in [-0.15, -0.1) is 0 Å². The highest BCUT2D eigenvalue weighted by Crippen LogP contribution is 2.77. The topological polar surface area (TPSA) is 41.9 Å². The maximum absolute atomic E-state index is 10.9. The van der Waals surface area contributed by atoms with E-state index in [1.807, 2.05) is 13.2 Å². The fourth-order valence-corrected chi connectivity index (χ4v) is 9.32. The lowest BCUT2D eigenvalue weighted by molar-refractivity contribution is -0.272. The van der Waals surface area contributed by atoms with Crippen LogP contribution in [0.3, 0.4) is 0 Å². The molecule has 5 aliphatic carbocycles.